The third kappa shape index (κ3) is 3.23. The molecule has 0 saturated carbocycles. The molecule has 0 aliphatic rings. The molecule has 0 bridgehead atoms. The molecule has 0 amide bonds. The van der Waals surface area contributed by atoms with Crippen LogP contribution in [0, 0.1) is 13.8 Å². The van der Waals surface area contributed by atoms with Gasteiger partial charge in [0, 0.05) is 29.4 Å². The summed E-state index contributed by atoms with van der Waals surface area (Å²) in [4.78, 5) is 8.99. The minimum atomic E-state index is 0.283. The summed E-state index contributed by atoms with van der Waals surface area (Å²) in [5.74, 6) is 2.81. The molecule has 0 spiro atoms. The van der Waals surface area contributed by atoms with Gasteiger partial charge in [-0.1, -0.05) is 0 Å². The van der Waals surface area contributed by atoms with E-state index in [0.717, 1.165) is 35.1 Å². The largest absolute Gasteiger partial charge is 0.328 e. The van der Waals surface area contributed by atoms with Crippen molar-refractivity contribution in [2.24, 2.45) is 5.73 Å². The fourth-order valence-corrected chi connectivity index (χ4v) is 2.86. The summed E-state index contributed by atoms with van der Waals surface area (Å²) in [6.07, 6.45) is 3.13. The zero-order chi connectivity index (χ0) is 13.1. The highest BCUT2D eigenvalue weighted by molar-refractivity contribution is 7.98. The molecule has 0 fully saturated rings. The number of nitrogens with two attached hydrogens (primary N) is 1. The first-order valence-corrected chi connectivity index (χ1v) is 7.37. The molecule has 2 rings (SSSR count). The molecule has 2 aromatic heterocycles. The first kappa shape index (κ1) is 13.4. The van der Waals surface area contributed by atoms with Crippen LogP contribution in [-0.4, -0.2) is 26.2 Å². The quantitative estimate of drug-likeness (QED) is 0.842. The van der Waals surface area contributed by atoms with Gasteiger partial charge in [0.15, 0.2) is 0 Å². The van der Waals surface area contributed by atoms with Crippen LogP contribution in [0.15, 0.2) is 12.3 Å². The SMILES string of the molecule is Cc1cc(C)n2cc(CSCCC(C)N)nc2n1. The van der Waals surface area contributed by atoms with Crippen molar-refractivity contribution < 1.29 is 0 Å². The zero-order valence-electron chi connectivity index (χ0n) is 11.2. The van der Waals surface area contributed by atoms with Gasteiger partial charge in [0.2, 0.25) is 5.78 Å². The van der Waals surface area contributed by atoms with E-state index in [1.807, 2.05) is 25.6 Å². The Balaban J connectivity index is 2.04. The van der Waals surface area contributed by atoms with Crippen LogP contribution in [0.25, 0.3) is 5.78 Å². The molecule has 98 valence electrons. The second-order valence-electron chi connectivity index (χ2n) is 4.76. The van der Waals surface area contributed by atoms with Crippen LogP contribution >= 0.6 is 11.8 Å². The van der Waals surface area contributed by atoms with Crippen LogP contribution in [0.1, 0.15) is 30.4 Å². The molecule has 2 N–H and O–H groups in total. The molecular formula is C13H20N4S. The van der Waals surface area contributed by atoms with Gasteiger partial charge >= 0.3 is 0 Å². The Hall–Kier alpha value is -1.07. The Morgan fingerprint density at radius 2 is 2.17 bits per heavy atom. The highest BCUT2D eigenvalue weighted by atomic mass is 32.2. The first-order chi connectivity index (χ1) is 8.56. The first-order valence-electron chi connectivity index (χ1n) is 6.22. The summed E-state index contributed by atoms with van der Waals surface area (Å²) < 4.78 is 2.05. The maximum Gasteiger partial charge on any atom is 0.234 e. The summed E-state index contributed by atoms with van der Waals surface area (Å²) >= 11 is 1.88. The van der Waals surface area contributed by atoms with Crippen LogP contribution in [0.4, 0.5) is 0 Å². The lowest BCUT2D eigenvalue weighted by Gasteiger charge is -2.02. The van der Waals surface area contributed by atoms with Gasteiger partial charge in [-0.15, -0.1) is 0 Å². The van der Waals surface area contributed by atoms with Crippen molar-refractivity contribution in [1.82, 2.24) is 14.4 Å². The highest BCUT2D eigenvalue weighted by Gasteiger charge is 2.06. The van der Waals surface area contributed by atoms with Crippen molar-refractivity contribution in [3.05, 3.63) is 29.3 Å². The van der Waals surface area contributed by atoms with Gasteiger partial charge in [-0.25, -0.2) is 9.97 Å². The summed E-state index contributed by atoms with van der Waals surface area (Å²) in [7, 11) is 0. The molecule has 0 aliphatic carbocycles. The lowest BCUT2D eigenvalue weighted by Crippen LogP contribution is -2.15. The van der Waals surface area contributed by atoms with Crippen molar-refractivity contribution >= 4 is 17.5 Å². The number of thioether (sulfide) groups is 1. The van der Waals surface area contributed by atoms with E-state index in [1.165, 1.54) is 5.69 Å². The normalized spacial score (nSPS) is 13.1. The third-order valence-corrected chi connectivity index (χ3v) is 3.80. The van der Waals surface area contributed by atoms with Gasteiger partial charge in [0.1, 0.15) is 0 Å². The Labute approximate surface area is 112 Å². The molecule has 0 saturated heterocycles. The molecule has 0 aliphatic heterocycles. The minimum Gasteiger partial charge on any atom is -0.328 e. The molecule has 5 heteroatoms. The van der Waals surface area contributed by atoms with E-state index in [9.17, 15) is 0 Å². The Morgan fingerprint density at radius 3 is 2.89 bits per heavy atom. The topological polar surface area (TPSA) is 56.2 Å². The predicted molar refractivity (Wildman–Crippen MR) is 76.9 cm³/mol. The predicted octanol–water partition coefficient (Wildman–Crippen LogP) is 2.32. The number of hydrogen-bond acceptors (Lipinski definition) is 4. The molecule has 2 aromatic rings. The van der Waals surface area contributed by atoms with Gasteiger partial charge < -0.3 is 5.73 Å². The summed E-state index contributed by atoms with van der Waals surface area (Å²) in [5, 5.41) is 0. The maximum atomic E-state index is 5.73. The average Bonchev–Trinajstić information content (AvgIpc) is 2.67. The number of aromatic nitrogens is 3. The van der Waals surface area contributed by atoms with E-state index in [4.69, 9.17) is 5.73 Å². The third-order valence-electron chi connectivity index (χ3n) is 2.78. The molecule has 2 heterocycles. The summed E-state index contributed by atoms with van der Waals surface area (Å²) in [5.41, 5.74) is 9.01. The Morgan fingerprint density at radius 1 is 1.39 bits per heavy atom. The second kappa shape index (κ2) is 5.71. The second-order valence-corrected chi connectivity index (χ2v) is 5.86. The van der Waals surface area contributed by atoms with Crippen LogP contribution in [0.5, 0.6) is 0 Å². The zero-order valence-corrected chi connectivity index (χ0v) is 12.0. The van der Waals surface area contributed by atoms with Crippen LogP contribution in [0.2, 0.25) is 0 Å². The fourth-order valence-electron chi connectivity index (χ4n) is 1.83. The number of fused-ring (bicyclic) bond motifs is 1. The van der Waals surface area contributed by atoms with Crippen LogP contribution < -0.4 is 5.73 Å². The van der Waals surface area contributed by atoms with Gasteiger partial charge in [-0.05, 0) is 39.0 Å². The van der Waals surface area contributed by atoms with E-state index in [-0.39, 0.29) is 6.04 Å². The molecule has 0 aromatic carbocycles. The number of rotatable bonds is 5. The monoisotopic (exact) mass is 264 g/mol. The maximum absolute atomic E-state index is 5.73. The van der Waals surface area contributed by atoms with E-state index in [0.29, 0.717) is 0 Å². The van der Waals surface area contributed by atoms with E-state index in [2.05, 4.69) is 33.6 Å². The van der Waals surface area contributed by atoms with Crippen molar-refractivity contribution in [2.75, 3.05) is 5.75 Å². The number of imidazole rings is 1. The number of hydrogen-bond donors (Lipinski definition) is 1. The van der Waals surface area contributed by atoms with Crippen LogP contribution in [-0.2, 0) is 5.75 Å². The van der Waals surface area contributed by atoms with Crippen molar-refractivity contribution in [1.29, 1.82) is 0 Å². The van der Waals surface area contributed by atoms with Gasteiger partial charge in [-0.2, -0.15) is 11.8 Å². The highest BCUT2D eigenvalue weighted by Crippen LogP contribution is 2.15. The molecular weight excluding hydrogens is 244 g/mol. The van der Waals surface area contributed by atoms with Crippen LogP contribution in [0.3, 0.4) is 0 Å². The standard InChI is InChI=1S/C13H20N4S/c1-9(14)4-5-18-8-12-7-17-11(3)6-10(2)15-13(17)16-12/h6-7,9H,4-5,8,14H2,1-3H3. The van der Waals surface area contributed by atoms with Gasteiger partial charge in [0.05, 0.1) is 5.69 Å². The van der Waals surface area contributed by atoms with Gasteiger partial charge in [0.25, 0.3) is 0 Å². The summed E-state index contributed by atoms with van der Waals surface area (Å²) in [6.45, 7) is 6.12. The van der Waals surface area contributed by atoms with Crippen molar-refractivity contribution in [2.45, 2.75) is 39.0 Å². The fraction of sp³-hybridized carbons (Fsp3) is 0.538. The smallest absolute Gasteiger partial charge is 0.234 e. The van der Waals surface area contributed by atoms with E-state index in [1.54, 1.807) is 0 Å². The van der Waals surface area contributed by atoms with Crippen molar-refractivity contribution in [3.8, 4) is 0 Å². The van der Waals surface area contributed by atoms with E-state index >= 15 is 0 Å². The average molecular weight is 264 g/mol. The minimum absolute atomic E-state index is 0.283. The van der Waals surface area contributed by atoms with E-state index < -0.39 is 0 Å². The van der Waals surface area contributed by atoms with Gasteiger partial charge in [-0.3, -0.25) is 4.40 Å². The molecule has 4 nitrogen and oxygen atoms in total. The molecule has 1 unspecified atom stereocenters. The molecule has 1 atom stereocenters. The number of aryl methyl sites for hydroxylation is 2. The lowest BCUT2D eigenvalue weighted by molar-refractivity contribution is 0.721. The van der Waals surface area contributed by atoms with Crippen molar-refractivity contribution in [3.63, 3.8) is 0 Å². The Bertz CT molecular complexity index is 533. The lowest BCUT2D eigenvalue weighted by atomic mass is 10.3. The summed E-state index contributed by atoms with van der Waals surface area (Å²) in [6, 6.07) is 2.35. The Kier molecular flexibility index (Phi) is 4.24. The number of nitrogens with zero attached hydrogens (tertiary/aromatic N) is 3. The molecule has 18 heavy (non-hydrogen) atoms. The molecule has 0 radical (unpaired) electrons.